The van der Waals surface area contributed by atoms with Crippen LogP contribution >= 0.6 is 0 Å². The van der Waals surface area contributed by atoms with Crippen molar-refractivity contribution in [1.29, 1.82) is 0 Å². The minimum atomic E-state index is -1.03. The largest absolute Gasteiger partial charge is 0.478 e. The third-order valence-electron chi connectivity index (χ3n) is 5.72. The number of carboxylic acid groups (broad SMARTS) is 1. The number of nitrogens with one attached hydrogen (secondary N) is 1. The lowest BCUT2D eigenvalue weighted by Crippen LogP contribution is -2.06. The second-order valence-corrected chi connectivity index (χ2v) is 7.32. The number of hydrogen-bond acceptors (Lipinski definition) is 3. The van der Waals surface area contributed by atoms with Gasteiger partial charge in [-0.2, -0.15) is 0 Å². The molecule has 0 radical (unpaired) electrons. The summed E-state index contributed by atoms with van der Waals surface area (Å²) in [5, 5.41) is 13.9. The van der Waals surface area contributed by atoms with Crippen molar-refractivity contribution >= 4 is 22.6 Å². The first-order valence-corrected chi connectivity index (χ1v) is 8.92. The first kappa shape index (κ1) is 15.4. The monoisotopic (exact) mass is 351 g/mol. The number of hydrogen-bond donors (Lipinski definition) is 2. The average molecular weight is 351 g/mol. The molecule has 1 fully saturated rings. The zero-order valence-electron chi connectivity index (χ0n) is 14.1. The van der Waals surface area contributed by atoms with Crippen LogP contribution in [0, 0.1) is 5.82 Å². The van der Waals surface area contributed by atoms with Crippen LogP contribution in [0.25, 0.3) is 22.3 Å². The molecule has 132 valence electrons. The van der Waals surface area contributed by atoms with Crippen molar-refractivity contribution < 1.29 is 18.7 Å². The van der Waals surface area contributed by atoms with Crippen LogP contribution in [-0.4, -0.2) is 17.6 Å². The number of rotatable bonds is 2. The molecule has 2 N–H and O–H groups in total. The number of benzene rings is 2. The van der Waals surface area contributed by atoms with Crippen LogP contribution in [0.4, 0.5) is 10.1 Å². The fraction of sp³-hybridized carbons (Fsp3) is 0.286. The van der Waals surface area contributed by atoms with Crippen molar-refractivity contribution in [1.82, 2.24) is 0 Å². The summed E-state index contributed by atoms with van der Waals surface area (Å²) in [6.45, 7) is 0.914. The van der Waals surface area contributed by atoms with Crippen molar-refractivity contribution in [2.24, 2.45) is 0 Å². The summed E-state index contributed by atoms with van der Waals surface area (Å²) in [4.78, 5) is 12.0. The van der Waals surface area contributed by atoms with Gasteiger partial charge in [-0.1, -0.05) is 0 Å². The lowest BCUT2D eigenvalue weighted by atomic mass is 9.89. The molecule has 0 unspecified atom stereocenters. The van der Waals surface area contributed by atoms with Gasteiger partial charge in [-0.3, -0.25) is 0 Å². The normalized spacial score (nSPS) is 17.6. The molecule has 2 aromatic carbocycles. The minimum Gasteiger partial charge on any atom is -0.478 e. The van der Waals surface area contributed by atoms with Crippen LogP contribution < -0.4 is 5.32 Å². The number of carboxylic acids is 1. The van der Waals surface area contributed by atoms with E-state index in [1.807, 2.05) is 12.1 Å². The molecular formula is C21H18FNO3. The smallest absolute Gasteiger partial charge is 0.340 e. The zero-order valence-corrected chi connectivity index (χ0v) is 14.1. The molecule has 0 bridgehead atoms. The van der Waals surface area contributed by atoms with E-state index in [0.717, 1.165) is 37.9 Å². The number of fused-ring (bicyclic) bond motifs is 3. The molecule has 1 aromatic heterocycles. The maximum Gasteiger partial charge on any atom is 0.340 e. The first-order chi connectivity index (χ1) is 12.6. The highest BCUT2D eigenvalue weighted by Crippen LogP contribution is 2.56. The van der Waals surface area contributed by atoms with Gasteiger partial charge in [0.2, 0.25) is 0 Å². The number of anilines is 1. The Labute approximate surface area is 149 Å². The highest BCUT2D eigenvalue weighted by Gasteiger charge is 2.46. The van der Waals surface area contributed by atoms with Gasteiger partial charge in [0.05, 0.1) is 0 Å². The van der Waals surface area contributed by atoms with E-state index >= 15 is 0 Å². The Bertz CT molecular complexity index is 1030. The summed E-state index contributed by atoms with van der Waals surface area (Å²) in [5.41, 5.74) is 3.69. The Morgan fingerprint density at radius 2 is 1.92 bits per heavy atom. The average Bonchev–Trinajstić information content (AvgIpc) is 3.35. The maximum absolute atomic E-state index is 13.2. The van der Waals surface area contributed by atoms with Crippen LogP contribution in [-0.2, 0) is 5.41 Å². The molecule has 1 aliphatic carbocycles. The fourth-order valence-electron chi connectivity index (χ4n) is 4.20. The highest BCUT2D eigenvalue weighted by molar-refractivity contribution is 6.09. The molecule has 5 heteroatoms. The molecule has 1 saturated carbocycles. The van der Waals surface area contributed by atoms with Crippen LogP contribution in [0.1, 0.15) is 41.6 Å². The maximum atomic E-state index is 13.2. The van der Waals surface area contributed by atoms with Crippen molar-refractivity contribution in [3.05, 3.63) is 53.3 Å². The molecule has 3 aromatic rings. The van der Waals surface area contributed by atoms with E-state index in [9.17, 15) is 14.3 Å². The minimum absolute atomic E-state index is 0.148. The second-order valence-electron chi connectivity index (χ2n) is 7.32. The van der Waals surface area contributed by atoms with Crippen molar-refractivity contribution in [3.63, 3.8) is 0 Å². The van der Waals surface area contributed by atoms with Crippen molar-refractivity contribution in [2.75, 3.05) is 11.9 Å². The first-order valence-electron chi connectivity index (χ1n) is 8.92. The number of carbonyl (C=O) groups is 1. The summed E-state index contributed by atoms with van der Waals surface area (Å²) in [6.07, 6.45) is 4.54. The lowest BCUT2D eigenvalue weighted by molar-refractivity contribution is 0.0699. The van der Waals surface area contributed by atoms with E-state index in [1.54, 1.807) is 12.1 Å². The van der Waals surface area contributed by atoms with Gasteiger partial charge in [-0.15, -0.1) is 0 Å². The molecular weight excluding hydrogens is 333 g/mol. The number of furan rings is 1. The van der Waals surface area contributed by atoms with Crippen LogP contribution in [0.5, 0.6) is 0 Å². The molecule has 4 nitrogen and oxygen atoms in total. The van der Waals surface area contributed by atoms with Gasteiger partial charge in [0.1, 0.15) is 22.7 Å². The molecule has 2 heterocycles. The molecule has 0 atom stereocenters. The number of halogens is 1. The zero-order chi connectivity index (χ0) is 17.9. The highest BCUT2D eigenvalue weighted by atomic mass is 19.1. The Kier molecular flexibility index (Phi) is 3.17. The van der Waals surface area contributed by atoms with Crippen LogP contribution in [0.15, 0.2) is 40.8 Å². The second kappa shape index (κ2) is 5.34. The van der Waals surface area contributed by atoms with Gasteiger partial charge in [0, 0.05) is 29.2 Å². The topological polar surface area (TPSA) is 62.5 Å². The predicted molar refractivity (Wildman–Crippen MR) is 97.2 cm³/mol. The van der Waals surface area contributed by atoms with Crippen LogP contribution in [0.3, 0.4) is 0 Å². The van der Waals surface area contributed by atoms with Crippen LogP contribution in [0.2, 0.25) is 0 Å². The van der Waals surface area contributed by atoms with Crippen molar-refractivity contribution in [3.8, 4) is 11.3 Å². The van der Waals surface area contributed by atoms with E-state index in [2.05, 4.69) is 5.32 Å². The Balaban J connectivity index is 1.77. The quantitative estimate of drug-likeness (QED) is 0.668. The standard InChI is InChI=1S/C21H18FNO3/c22-13-4-2-12(3-5-13)19-18(20(24)25)14-10-15-16(11-17(14)26-19)23-9-1-6-21(15)7-8-21/h2-5,10-11,23H,1,6-9H2,(H,24,25). The molecule has 5 rings (SSSR count). The summed E-state index contributed by atoms with van der Waals surface area (Å²) in [7, 11) is 0. The van der Waals surface area contributed by atoms with Gasteiger partial charge in [0.25, 0.3) is 0 Å². The van der Waals surface area contributed by atoms with Gasteiger partial charge in [-0.05, 0) is 67.0 Å². The Morgan fingerprint density at radius 3 is 2.62 bits per heavy atom. The molecule has 0 amide bonds. The third kappa shape index (κ3) is 2.23. The molecule has 0 saturated heterocycles. The van der Waals surface area contributed by atoms with E-state index in [4.69, 9.17) is 4.42 Å². The van der Waals surface area contributed by atoms with Crippen molar-refractivity contribution in [2.45, 2.75) is 31.1 Å². The van der Waals surface area contributed by atoms with E-state index < -0.39 is 5.97 Å². The lowest BCUT2D eigenvalue weighted by Gasteiger charge is -2.15. The van der Waals surface area contributed by atoms with Gasteiger partial charge in [-0.25, -0.2) is 9.18 Å². The Hall–Kier alpha value is -2.82. The number of aromatic carboxylic acids is 1. The summed E-state index contributed by atoms with van der Waals surface area (Å²) < 4.78 is 19.2. The third-order valence-corrected chi connectivity index (χ3v) is 5.72. The molecule has 26 heavy (non-hydrogen) atoms. The Morgan fingerprint density at radius 1 is 1.15 bits per heavy atom. The fourth-order valence-corrected chi connectivity index (χ4v) is 4.20. The molecule has 1 spiro atoms. The van der Waals surface area contributed by atoms with E-state index in [1.165, 1.54) is 17.7 Å². The molecule has 2 aliphatic rings. The summed E-state index contributed by atoms with van der Waals surface area (Å²) >= 11 is 0. The van der Waals surface area contributed by atoms with Gasteiger partial charge >= 0.3 is 5.97 Å². The van der Waals surface area contributed by atoms with E-state index in [0.29, 0.717) is 16.5 Å². The molecule has 1 aliphatic heterocycles. The predicted octanol–water partition coefficient (Wildman–Crippen LogP) is 5.17. The summed E-state index contributed by atoms with van der Waals surface area (Å²) in [5.74, 6) is -1.12. The van der Waals surface area contributed by atoms with Gasteiger partial charge in [0.15, 0.2) is 0 Å². The SMILES string of the molecule is O=C(O)c1c(-c2ccc(F)cc2)oc2cc3c(cc12)C1(CCCN3)CC1. The summed E-state index contributed by atoms with van der Waals surface area (Å²) in [6, 6.07) is 9.63. The van der Waals surface area contributed by atoms with E-state index in [-0.39, 0.29) is 22.6 Å². The van der Waals surface area contributed by atoms with Gasteiger partial charge < -0.3 is 14.8 Å².